The zero-order valence-electron chi connectivity index (χ0n) is 18.2. The second-order valence-electron chi connectivity index (χ2n) is 8.08. The van der Waals surface area contributed by atoms with E-state index in [-0.39, 0.29) is 11.8 Å². The van der Waals surface area contributed by atoms with Crippen LogP contribution in [0.2, 0.25) is 0 Å². The van der Waals surface area contributed by atoms with Gasteiger partial charge in [-0.15, -0.1) is 0 Å². The summed E-state index contributed by atoms with van der Waals surface area (Å²) in [5.74, 6) is 0.683. The first-order valence-electron chi connectivity index (χ1n) is 10.2. The normalized spacial score (nSPS) is 11.3. The Bertz CT molecular complexity index is 1450. The molecule has 0 atom stereocenters. The maximum atomic E-state index is 12.3. The van der Waals surface area contributed by atoms with Gasteiger partial charge in [-0.05, 0) is 48.7 Å². The van der Waals surface area contributed by atoms with Crippen molar-refractivity contribution < 1.29 is 9.32 Å². The van der Waals surface area contributed by atoms with Crippen LogP contribution in [0.1, 0.15) is 26.3 Å². The molecule has 1 amide bonds. The smallest absolute Gasteiger partial charge is 0.316 e. The van der Waals surface area contributed by atoms with E-state index in [4.69, 9.17) is 4.52 Å². The highest BCUT2D eigenvalue weighted by Gasteiger charge is 2.16. The summed E-state index contributed by atoms with van der Waals surface area (Å²) < 4.78 is 6.96. The van der Waals surface area contributed by atoms with E-state index in [1.54, 1.807) is 30.3 Å². The molecule has 4 rings (SSSR count). The molecule has 0 aliphatic carbocycles. The van der Waals surface area contributed by atoms with E-state index >= 15 is 0 Å². The summed E-state index contributed by atoms with van der Waals surface area (Å²) in [6.07, 6.45) is 0. The molecule has 2 N–H and O–H groups in total. The summed E-state index contributed by atoms with van der Waals surface area (Å²) in [5, 5.41) is 6.86. The number of amides is 1. The molecule has 0 radical (unpaired) electrons. The predicted octanol–water partition coefficient (Wildman–Crippen LogP) is 3.33. The van der Waals surface area contributed by atoms with Crippen LogP contribution in [-0.2, 0) is 11.3 Å². The number of hydrogen-bond donors (Lipinski definition) is 2. The third-order valence-electron chi connectivity index (χ3n) is 5.08. The van der Waals surface area contributed by atoms with E-state index < -0.39 is 11.1 Å². The van der Waals surface area contributed by atoms with Crippen LogP contribution in [0.4, 0.5) is 5.69 Å². The highest BCUT2D eigenvalue weighted by Crippen LogP contribution is 2.29. The molecule has 2 aromatic carbocycles. The highest BCUT2D eigenvalue weighted by atomic mass is 16.5. The molecular formula is C23H23N5O4. The minimum Gasteiger partial charge on any atom is -0.334 e. The van der Waals surface area contributed by atoms with E-state index in [1.807, 2.05) is 26.8 Å². The Morgan fingerprint density at radius 2 is 2.00 bits per heavy atom. The number of nitrogens with zero attached hydrogens (tertiary/aromatic N) is 3. The van der Waals surface area contributed by atoms with Gasteiger partial charge in [0.05, 0.1) is 11.0 Å². The Labute approximate surface area is 183 Å². The molecule has 0 saturated carbocycles. The van der Waals surface area contributed by atoms with E-state index in [2.05, 4.69) is 20.4 Å². The van der Waals surface area contributed by atoms with Crippen molar-refractivity contribution in [3.05, 3.63) is 62.7 Å². The van der Waals surface area contributed by atoms with Gasteiger partial charge >= 0.3 is 11.1 Å². The molecule has 0 aliphatic rings. The molecule has 0 spiro atoms. The van der Waals surface area contributed by atoms with Gasteiger partial charge in [-0.2, -0.15) is 4.98 Å². The van der Waals surface area contributed by atoms with Gasteiger partial charge in [-0.25, -0.2) is 0 Å². The highest BCUT2D eigenvalue weighted by molar-refractivity contribution is 5.90. The lowest BCUT2D eigenvalue weighted by atomic mass is 10.1. The lowest BCUT2D eigenvalue weighted by Gasteiger charge is -2.12. The number of H-pyrrole nitrogens is 1. The minimum atomic E-state index is -0.672. The topological polar surface area (TPSA) is 123 Å². The predicted molar refractivity (Wildman–Crippen MR) is 121 cm³/mol. The fourth-order valence-corrected chi connectivity index (χ4v) is 3.61. The van der Waals surface area contributed by atoms with Crippen LogP contribution in [0.15, 0.2) is 50.5 Å². The van der Waals surface area contributed by atoms with Gasteiger partial charge in [-0.3, -0.25) is 14.4 Å². The maximum Gasteiger partial charge on any atom is 0.316 e. The lowest BCUT2D eigenvalue weighted by Crippen LogP contribution is -2.37. The molecule has 2 heterocycles. The number of aromatic nitrogens is 4. The third-order valence-corrected chi connectivity index (χ3v) is 5.08. The Morgan fingerprint density at radius 3 is 2.72 bits per heavy atom. The van der Waals surface area contributed by atoms with Crippen molar-refractivity contribution in [1.82, 2.24) is 19.7 Å². The molecule has 9 heteroatoms. The standard InChI is InChI=1S/C23H23N5O4/c1-12(2)11-28-19-9-8-15(10-18(19)25-21(30)23(28)31)20-26-22(32-27-20)16-6-5-7-17(13(16)3)24-14(4)29/h5-10,12H,11H2,1-4H3,(H,24,29)(H,25,30). The number of fused-ring (bicyclic) bond motifs is 1. The molecule has 0 unspecified atom stereocenters. The van der Waals surface area contributed by atoms with Crippen LogP contribution < -0.4 is 16.4 Å². The number of aromatic amines is 1. The van der Waals surface area contributed by atoms with Crippen molar-refractivity contribution in [3.63, 3.8) is 0 Å². The van der Waals surface area contributed by atoms with Gasteiger partial charge in [0.1, 0.15) is 0 Å². The second kappa shape index (κ2) is 8.26. The van der Waals surface area contributed by atoms with Crippen LogP contribution >= 0.6 is 0 Å². The SMILES string of the molecule is CC(=O)Nc1cccc(-c2nc(-c3ccc4c(c3)[nH]c(=O)c(=O)n4CC(C)C)no2)c1C. The summed E-state index contributed by atoms with van der Waals surface area (Å²) >= 11 is 0. The Kier molecular flexibility index (Phi) is 5.48. The molecule has 0 bridgehead atoms. The molecule has 32 heavy (non-hydrogen) atoms. The Hall–Kier alpha value is -4.01. The monoisotopic (exact) mass is 433 g/mol. The number of carbonyl (C=O) groups excluding carboxylic acids is 1. The molecule has 164 valence electrons. The van der Waals surface area contributed by atoms with Gasteiger partial charge < -0.3 is 19.4 Å². The van der Waals surface area contributed by atoms with E-state index in [0.717, 1.165) is 5.56 Å². The van der Waals surface area contributed by atoms with Gasteiger partial charge in [0.2, 0.25) is 11.7 Å². The van der Waals surface area contributed by atoms with Gasteiger partial charge in [0.15, 0.2) is 0 Å². The quantitative estimate of drug-likeness (QED) is 0.466. The Balaban J connectivity index is 1.76. The fraction of sp³-hybridized carbons (Fsp3) is 0.261. The number of carbonyl (C=O) groups is 1. The second-order valence-corrected chi connectivity index (χ2v) is 8.08. The zero-order chi connectivity index (χ0) is 23.0. The van der Waals surface area contributed by atoms with Crippen LogP contribution in [0.5, 0.6) is 0 Å². The third kappa shape index (κ3) is 3.96. The van der Waals surface area contributed by atoms with Crippen LogP contribution in [0, 0.1) is 12.8 Å². The van der Waals surface area contributed by atoms with E-state index in [0.29, 0.717) is 46.1 Å². The molecule has 0 saturated heterocycles. The molecule has 2 aromatic heterocycles. The molecular weight excluding hydrogens is 410 g/mol. The van der Waals surface area contributed by atoms with Gasteiger partial charge in [0, 0.05) is 30.3 Å². The molecule has 4 aromatic rings. The van der Waals surface area contributed by atoms with Crippen molar-refractivity contribution in [3.8, 4) is 22.8 Å². The van der Waals surface area contributed by atoms with Crippen LogP contribution in [0.25, 0.3) is 33.9 Å². The van der Waals surface area contributed by atoms with Crippen LogP contribution in [-0.4, -0.2) is 25.6 Å². The van der Waals surface area contributed by atoms with Crippen molar-refractivity contribution >= 4 is 22.6 Å². The van der Waals surface area contributed by atoms with Crippen molar-refractivity contribution in [2.24, 2.45) is 5.92 Å². The first kappa shape index (κ1) is 21.2. The van der Waals surface area contributed by atoms with Crippen LogP contribution in [0.3, 0.4) is 0 Å². The maximum absolute atomic E-state index is 12.3. The summed E-state index contributed by atoms with van der Waals surface area (Å²) in [7, 11) is 0. The van der Waals surface area contributed by atoms with Gasteiger partial charge in [0.25, 0.3) is 5.89 Å². The largest absolute Gasteiger partial charge is 0.334 e. The van der Waals surface area contributed by atoms with Gasteiger partial charge in [-0.1, -0.05) is 25.1 Å². The Morgan fingerprint density at radius 1 is 1.22 bits per heavy atom. The van der Waals surface area contributed by atoms with Crippen molar-refractivity contribution in [2.75, 3.05) is 5.32 Å². The number of benzene rings is 2. The van der Waals surface area contributed by atoms with Crippen molar-refractivity contribution in [2.45, 2.75) is 34.2 Å². The first-order valence-corrected chi connectivity index (χ1v) is 10.2. The van der Waals surface area contributed by atoms with E-state index in [9.17, 15) is 14.4 Å². The molecule has 0 aliphatic heterocycles. The summed E-state index contributed by atoms with van der Waals surface area (Å²) in [5.41, 5.74) is 2.71. The summed E-state index contributed by atoms with van der Waals surface area (Å²) in [6, 6.07) is 10.7. The lowest BCUT2D eigenvalue weighted by molar-refractivity contribution is -0.114. The minimum absolute atomic E-state index is 0.169. The fourth-order valence-electron chi connectivity index (χ4n) is 3.61. The number of nitrogens with one attached hydrogen (secondary N) is 2. The number of hydrogen-bond acceptors (Lipinski definition) is 6. The molecule has 0 fully saturated rings. The number of rotatable bonds is 5. The summed E-state index contributed by atoms with van der Waals surface area (Å²) in [6.45, 7) is 7.71. The average molecular weight is 433 g/mol. The van der Waals surface area contributed by atoms with E-state index in [1.165, 1.54) is 11.5 Å². The number of anilines is 1. The van der Waals surface area contributed by atoms with Crippen molar-refractivity contribution in [1.29, 1.82) is 0 Å². The summed E-state index contributed by atoms with van der Waals surface area (Å²) in [4.78, 5) is 43.0. The first-order chi connectivity index (χ1) is 15.2. The zero-order valence-corrected chi connectivity index (χ0v) is 18.2. The molecule has 9 nitrogen and oxygen atoms in total. The average Bonchev–Trinajstić information content (AvgIpc) is 3.22.